The van der Waals surface area contributed by atoms with Crippen LogP contribution in [-0.4, -0.2) is 86.2 Å². The molecule has 10 heteroatoms. The van der Waals surface area contributed by atoms with Crippen molar-refractivity contribution >= 4 is 24.2 Å². The van der Waals surface area contributed by atoms with Gasteiger partial charge in [-0.15, -0.1) is 0 Å². The number of carbonyl (C=O) groups excluding carboxylic acids is 2. The number of nitrogens with two attached hydrogens (primary N) is 2. The standard InChI is InChI=1S/C27H46FN7O2/c1-6-27(3)10-7-18(28)14-32-20(13-27)23(24(29)30)25(36)33-21-15-31-11-8-22(21)35-12-9-17(2)19(16-35)26(37)34(4)5/h14-15,17-20,23-24H,6-13,16,29-30H2,1-5H3,(H,33,36)/b32-14-/t17-,18?,19+,20?,23?,27-/m1/s1. The van der Waals surface area contributed by atoms with E-state index in [9.17, 15) is 14.0 Å². The highest BCUT2D eigenvalue weighted by molar-refractivity contribution is 5.91. The molecule has 0 spiro atoms. The van der Waals surface area contributed by atoms with Crippen LogP contribution in [0.15, 0.2) is 21.4 Å². The lowest BCUT2D eigenvalue weighted by Gasteiger charge is -2.41. The van der Waals surface area contributed by atoms with Crippen LogP contribution in [0.3, 0.4) is 0 Å². The minimum atomic E-state index is -1.15. The van der Waals surface area contributed by atoms with Gasteiger partial charge in [0.1, 0.15) is 6.17 Å². The van der Waals surface area contributed by atoms with E-state index < -0.39 is 24.3 Å². The average molecular weight is 520 g/mol. The Bertz CT molecular complexity index is 918. The number of hydrogen-bond acceptors (Lipinski definition) is 7. The molecule has 0 aromatic carbocycles. The maximum absolute atomic E-state index is 14.4. The van der Waals surface area contributed by atoms with E-state index in [0.717, 1.165) is 25.1 Å². The van der Waals surface area contributed by atoms with Crippen molar-refractivity contribution in [3.63, 3.8) is 0 Å². The molecule has 1 saturated heterocycles. The Morgan fingerprint density at radius 2 is 2.05 bits per heavy atom. The highest BCUT2D eigenvalue weighted by Crippen LogP contribution is 2.38. The van der Waals surface area contributed by atoms with Crippen LogP contribution >= 0.6 is 0 Å². The first-order chi connectivity index (χ1) is 17.5. The summed E-state index contributed by atoms with van der Waals surface area (Å²) in [5.74, 6) is -0.859. The van der Waals surface area contributed by atoms with Crippen molar-refractivity contribution in [3.05, 3.63) is 11.4 Å². The van der Waals surface area contributed by atoms with Crippen molar-refractivity contribution in [1.29, 1.82) is 0 Å². The van der Waals surface area contributed by atoms with Crippen LogP contribution in [0, 0.1) is 23.2 Å². The molecule has 2 amide bonds. The summed E-state index contributed by atoms with van der Waals surface area (Å²) in [6.07, 6.45) is 5.04. The minimum Gasteiger partial charge on any atom is -0.372 e. The molecule has 0 radical (unpaired) electrons. The van der Waals surface area contributed by atoms with Gasteiger partial charge in [-0.3, -0.25) is 19.6 Å². The molecule has 0 aromatic heterocycles. The number of nitrogens with one attached hydrogen (secondary N) is 1. The number of nitrogens with zero attached hydrogens (tertiary/aromatic N) is 4. The van der Waals surface area contributed by atoms with Gasteiger partial charge in [-0.2, -0.15) is 0 Å². The summed E-state index contributed by atoms with van der Waals surface area (Å²) in [7, 11) is 3.57. The molecule has 3 aliphatic rings. The third kappa shape index (κ3) is 7.16. The topological polar surface area (TPSA) is 129 Å². The molecule has 0 aliphatic carbocycles. The van der Waals surface area contributed by atoms with Crippen LogP contribution < -0.4 is 16.8 Å². The number of aliphatic imine (C=N–C) groups is 2. The Labute approximate surface area is 221 Å². The number of halogens is 1. The van der Waals surface area contributed by atoms with Crippen LogP contribution in [0.5, 0.6) is 0 Å². The van der Waals surface area contributed by atoms with Crippen LogP contribution in [0.2, 0.25) is 0 Å². The van der Waals surface area contributed by atoms with Crippen molar-refractivity contribution in [2.45, 2.75) is 77.7 Å². The number of carbonyl (C=O) groups is 2. The molecule has 208 valence electrons. The zero-order valence-electron chi connectivity index (χ0n) is 23.1. The Morgan fingerprint density at radius 3 is 2.70 bits per heavy atom. The number of hydrogen-bond donors (Lipinski definition) is 3. The minimum absolute atomic E-state index is 0.109. The van der Waals surface area contributed by atoms with Gasteiger partial charge in [-0.1, -0.05) is 27.2 Å². The van der Waals surface area contributed by atoms with Crippen molar-refractivity contribution in [2.75, 3.05) is 33.7 Å². The van der Waals surface area contributed by atoms with Gasteiger partial charge in [-0.05, 0) is 37.0 Å². The number of likely N-dealkylation sites (tertiary alicyclic amines) is 1. The van der Waals surface area contributed by atoms with Crippen molar-refractivity contribution in [3.8, 4) is 0 Å². The first kappa shape index (κ1) is 29.2. The van der Waals surface area contributed by atoms with E-state index in [4.69, 9.17) is 11.5 Å². The first-order valence-corrected chi connectivity index (χ1v) is 13.6. The molecule has 1 fully saturated rings. The zero-order valence-corrected chi connectivity index (χ0v) is 23.1. The normalized spacial score (nSPS) is 32.5. The summed E-state index contributed by atoms with van der Waals surface area (Å²) >= 11 is 0. The van der Waals surface area contributed by atoms with Gasteiger partial charge in [0, 0.05) is 58.3 Å². The number of amides is 2. The highest BCUT2D eigenvalue weighted by atomic mass is 19.1. The Hall–Kier alpha value is -2.33. The van der Waals surface area contributed by atoms with Crippen LogP contribution in [0.4, 0.5) is 4.39 Å². The molecule has 3 rings (SSSR count). The summed E-state index contributed by atoms with van der Waals surface area (Å²) < 4.78 is 14.4. The molecular weight excluding hydrogens is 473 g/mol. The van der Waals surface area contributed by atoms with Crippen LogP contribution in [0.25, 0.3) is 0 Å². The van der Waals surface area contributed by atoms with Gasteiger partial charge in [0.05, 0.1) is 29.7 Å². The van der Waals surface area contributed by atoms with E-state index in [1.165, 1.54) is 6.21 Å². The SMILES string of the molecule is CC[C@]1(C)CCC(F)/C=N\C(C(C(=O)NC2=C(N3CC[C@@H](C)[C@@H](C(=O)N(C)C)C3)CCN=C2)C(N)N)C1. The van der Waals surface area contributed by atoms with E-state index in [2.05, 4.69) is 41.0 Å². The Kier molecular flexibility index (Phi) is 9.86. The van der Waals surface area contributed by atoms with Gasteiger partial charge in [0.15, 0.2) is 0 Å². The van der Waals surface area contributed by atoms with E-state index in [1.807, 2.05) is 0 Å². The second-order valence-corrected chi connectivity index (χ2v) is 11.6. The predicted octanol–water partition coefficient (Wildman–Crippen LogP) is 2.07. The van der Waals surface area contributed by atoms with Gasteiger partial charge in [0.2, 0.25) is 11.8 Å². The van der Waals surface area contributed by atoms with Gasteiger partial charge >= 0.3 is 0 Å². The number of rotatable bonds is 7. The van der Waals surface area contributed by atoms with Crippen molar-refractivity contribution in [1.82, 2.24) is 15.1 Å². The molecule has 0 bridgehead atoms. The lowest BCUT2D eigenvalue weighted by Crippen LogP contribution is -2.53. The fraction of sp³-hybridized carbons (Fsp3) is 0.778. The molecule has 0 saturated carbocycles. The third-order valence-corrected chi connectivity index (χ3v) is 8.52. The van der Waals surface area contributed by atoms with E-state index in [1.54, 1.807) is 25.2 Å². The summed E-state index contributed by atoms with van der Waals surface area (Å²) in [6.45, 7) is 8.34. The molecule has 9 nitrogen and oxygen atoms in total. The maximum atomic E-state index is 14.4. The smallest absolute Gasteiger partial charge is 0.232 e. The predicted molar refractivity (Wildman–Crippen MR) is 146 cm³/mol. The summed E-state index contributed by atoms with van der Waals surface area (Å²) in [4.78, 5) is 39.2. The van der Waals surface area contributed by atoms with Crippen LogP contribution in [-0.2, 0) is 9.59 Å². The molecular formula is C27H46FN7O2. The number of dihydropyridines is 1. The summed E-state index contributed by atoms with van der Waals surface area (Å²) in [5, 5.41) is 3.04. The number of alkyl halides is 1. The van der Waals surface area contributed by atoms with Crippen molar-refractivity contribution in [2.24, 2.45) is 44.6 Å². The second-order valence-electron chi connectivity index (χ2n) is 11.6. The first-order valence-electron chi connectivity index (χ1n) is 13.6. The zero-order chi connectivity index (χ0) is 27.3. The summed E-state index contributed by atoms with van der Waals surface area (Å²) in [5.41, 5.74) is 13.7. The molecule has 3 heterocycles. The molecule has 3 aliphatic heterocycles. The largest absolute Gasteiger partial charge is 0.372 e. The number of piperidine rings is 1. The van der Waals surface area contributed by atoms with Gasteiger partial charge in [0.25, 0.3) is 0 Å². The third-order valence-electron chi connectivity index (χ3n) is 8.52. The second kappa shape index (κ2) is 12.5. The lowest BCUT2D eigenvalue weighted by atomic mass is 9.73. The van der Waals surface area contributed by atoms with Gasteiger partial charge < -0.3 is 26.6 Å². The monoisotopic (exact) mass is 519 g/mol. The van der Waals surface area contributed by atoms with Gasteiger partial charge in [-0.25, -0.2) is 4.39 Å². The fourth-order valence-electron chi connectivity index (χ4n) is 5.72. The Balaban J connectivity index is 1.85. The molecule has 37 heavy (non-hydrogen) atoms. The quantitative estimate of drug-likeness (QED) is 0.444. The molecule has 5 N–H and O–H groups in total. The van der Waals surface area contributed by atoms with E-state index in [-0.39, 0.29) is 29.1 Å². The average Bonchev–Trinajstić information content (AvgIpc) is 2.85. The summed E-state index contributed by atoms with van der Waals surface area (Å²) in [6, 6.07) is -0.522. The van der Waals surface area contributed by atoms with E-state index in [0.29, 0.717) is 44.5 Å². The molecule has 0 aromatic rings. The van der Waals surface area contributed by atoms with Crippen LogP contribution in [0.1, 0.15) is 59.3 Å². The lowest BCUT2D eigenvalue weighted by molar-refractivity contribution is -0.136. The van der Waals surface area contributed by atoms with Crippen molar-refractivity contribution < 1.29 is 14.0 Å². The number of allylic oxidation sites excluding steroid dienone is 1. The molecule has 3 unspecified atom stereocenters. The highest BCUT2D eigenvalue weighted by Gasteiger charge is 2.39. The maximum Gasteiger partial charge on any atom is 0.232 e. The Morgan fingerprint density at radius 1 is 1.32 bits per heavy atom. The molecule has 6 atom stereocenters. The van der Waals surface area contributed by atoms with E-state index >= 15 is 0 Å². The fourth-order valence-corrected chi connectivity index (χ4v) is 5.72.